The first-order valence-electron chi connectivity index (χ1n) is 5.68. The number of benzene rings is 1. The molecule has 102 valence electrons. The van der Waals surface area contributed by atoms with Crippen LogP contribution in [0, 0.1) is 0 Å². The van der Waals surface area contributed by atoms with Crippen LogP contribution >= 0.6 is 15.9 Å². The van der Waals surface area contributed by atoms with Gasteiger partial charge in [0, 0.05) is 11.9 Å². The van der Waals surface area contributed by atoms with Crippen molar-refractivity contribution in [3.63, 3.8) is 0 Å². The Hall–Kier alpha value is -1.27. The lowest BCUT2D eigenvalue weighted by atomic mass is 10.2. The Balaban J connectivity index is 2.12. The van der Waals surface area contributed by atoms with Crippen LogP contribution in [0.5, 0.6) is 0 Å². The maximum atomic E-state index is 11.3. The van der Waals surface area contributed by atoms with Crippen molar-refractivity contribution in [3.05, 3.63) is 46.8 Å². The van der Waals surface area contributed by atoms with Crippen LogP contribution in [0.15, 0.2) is 50.4 Å². The number of halogens is 1. The van der Waals surface area contributed by atoms with E-state index in [1.807, 2.05) is 19.1 Å². The molecule has 2 aromatic rings. The highest BCUT2D eigenvalue weighted by molar-refractivity contribution is 9.10. The zero-order valence-electron chi connectivity index (χ0n) is 10.6. The molecule has 0 spiro atoms. The molecule has 1 aromatic carbocycles. The summed E-state index contributed by atoms with van der Waals surface area (Å²) in [6, 6.07) is 10.4. The molecule has 19 heavy (non-hydrogen) atoms. The molecule has 4 nitrogen and oxygen atoms in total. The fourth-order valence-electron chi connectivity index (χ4n) is 1.68. The van der Waals surface area contributed by atoms with E-state index in [9.17, 15) is 8.42 Å². The molecule has 0 amide bonds. The van der Waals surface area contributed by atoms with Gasteiger partial charge in [0.15, 0.2) is 14.5 Å². The van der Waals surface area contributed by atoms with Crippen molar-refractivity contribution in [2.75, 3.05) is 11.6 Å². The molecule has 6 heteroatoms. The Bertz CT molecular complexity index is 661. The minimum atomic E-state index is -3.15. The Labute approximate surface area is 120 Å². The third-order valence-corrected chi connectivity index (χ3v) is 4.24. The van der Waals surface area contributed by atoms with E-state index in [2.05, 4.69) is 21.2 Å². The van der Waals surface area contributed by atoms with Gasteiger partial charge in [0.25, 0.3) is 0 Å². The number of furan rings is 1. The van der Waals surface area contributed by atoms with E-state index in [4.69, 9.17) is 4.42 Å². The van der Waals surface area contributed by atoms with Crippen LogP contribution in [0.2, 0.25) is 0 Å². The van der Waals surface area contributed by atoms with Gasteiger partial charge in [-0.3, -0.25) is 0 Å². The maximum absolute atomic E-state index is 11.3. The van der Waals surface area contributed by atoms with Gasteiger partial charge in [0.05, 0.1) is 10.9 Å². The minimum Gasteiger partial charge on any atom is -0.452 e. The summed E-state index contributed by atoms with van der Waals surface area (Å²) in [5.41, 5.74) is 0.840. The highest BCUT2D eigenvalue weighted by Gasteiger charge is 2.11. The molecule has 0 saturated carbocycles. The lowest BCUT2D eigenvalue weighted by Crippen LogP contribution is -2.05. The molecule has 0 aliphatic carbocycles. The van der Waals surface area contributed by atoms with Crippen molar-refractivity contribution in [1.82, 2.24) is 0 Å². The molecule has 0 aliphatic rings. The molecule has 0 radical (unpaired) electrons. The average molecular weight is 344 g/mol. The largest absolute Gasteiger partial charge is 0.452 e. The first-order valence-corrected chi connectivity index (χ1v) is 8.36. The second-order valence-corrected chi connectivity index (χ2v) is 7.10. The molecule has 2 rings (SSSR count). The summed E-state index contributed by atoms with van der Waals surface area (Å²) in [4.78, 5) is 0.312. The summed E-state index contributed by atoms with van der Waals surface area (Å²) in [7, 11) is -3.15. The Morgan fingerprint density at radius 2 is 1.79 bits per heavy atom. The van der Waals surface area contributed by atoms with Crippen LogP contribution in [-0.2, 0) is 9.84 Å². The summed E-state index contributed by atoms with van der Waals surface area (Å²) in [6.45, 7) is 1.97. The molecule has 1 N–H and O–H groups in total. The normalized spacial score (nSPS) is 13.2. The van der Waals surface area contributed by atoms with Gasteiger partial charge in [-0.1, -0.05) is 0 Å². The van der Waals surface area contributed by atoms with Gasteiger partial charge in [0.2, 0.25) is 0 Å². The van der Waals surface area contributed by atoms with Crippen molar-refractivity contribution >= 4 is 31.5 Å². The highest BCUT2D eigenvalue weighted by atomic mass is 79.9. The quantitative estimate of drug-likeness (QED) is 0.920. The van der Waals surface area contributed by atoms with Crippen molar-refractivity contribution in [3.8, 4) is 0 Å². The third-order valence-electron chi connectivity index (χ3n) is 2.69. The van der Waals surface area contributed by atoms with Crippen LogP contribution in [-0.4, -0.2) is 14.7 Å². The number of sulfone groups is 1. The van der Waals surface area contributed by atoms with Crippen LogP contribution in [0.4, 0.5) is 5.69 Å². The number of nitrogens with one attached hydrogen (secondary N) is 1. The molecule has 1 unspecified atom stereocenters. The van der Waals surface area contributed by atoms with E-state index >= 15 is 0 Å². The van der Waals surface area contributed by atoms with E-state index < -0.39 is 9.84 Å². The molecular weight excluding hydrogens is 330 g/mol. The zero-order chi connectivity index (χ0) is 14.0. The molecular formula is C13H14BrNO3S. The maximum Gasteiger partial charge on any atom is 0.175 e. The molecule has 0 saturated heterocycles. The van der Waals surface area contributed by atoms with Crippen LogP contribution in [0.1, 0.15) is 18.7 Å². The second kappa shape index (κ2) is 5.38. The summed E-state index contributed by atoms with van der Waals surface area (Å²) < 4.78 is 28.8. The Morgan fingerprint density at radius 1 is 1.16 bits per heavy atom. The molecule has 0 aliphatic heterocycles. The molecule has 1 heterocycles. The van der Waals surface area contributed by atoms with E-state index in [1.165, 1.54) is 6.26 Å². The summed E-state index contributed by atoms with van der Waals surface area (Å²) in [6.07, 6.45) is 1.19. The Morgan fingerprint density at radius 3 is 2.26 bits per heavy atom. The van der Waals surface area contributed by atoms with Crippen molar-refractivity contribution in [1.29, 1.82) is 0 Å². The fraction of sp³-hybridized carbons (Fsp3) is 0.231. The van der Waals surface area contributed by atoms with Gasteiger partial charge in [-0.05, 0) is 59.3 Å². The van der Waals surface area contributed by atoms with E-state index in [-0.39, 0.29) is 6.04 Å². The summed E-state index contributed by atoms with van der Waals surface area (Å²) in [5.74, 6) is 0.805. The zero-order valence-corrected chi connectivity index (χ0v) is 13.0. The standard InChI is InChI=1S/C13H14BrNO3S/c1-9(12-7-8-13(14)18-12)15-10-3-5-11(6-4-10)19(2,16)17/h3-9,15H,1-2H3. The van der Waals surface area contributed by atoms with Crippen molar-refractivity contribution < 1.29 is 12.8 Å². The van der Waals surface area contributed by atoms with E-state index in [1.54, 1.807) is 24.3 Å². The first-order chi connectivity index (χ1) is 8.86. The average Bonchev–Trinajstić information content (AvgIpc) is 2.75. The van der Waals surface area contributed by atoms with Gasteiger partial charge < -0.3 is 9.73 Å². The topological polar surface area (TPSA) is 59.3 Å². The molecule has 0 bridgehead atoms. The van der Waals surface area contributed by atoms with Crippen LogP contribution in [0.25, 0.3) is 0 Å². The molecule has 1 atom stereocenters. The van der Waals surface area contributed by atoms with Crippen LogP contribution < -0.4 is 5.32 Å². The number of hydrogen-bond donors (Lipinski definition) is 1. The lowest BCUT2D eigenvalue weighted by Gasteiger charge is -2.13. The number of anilines is 1. The highest BCUT2D eigenvalue weighted by Crippen LogP contribution is 2.24. The smallest absolute Gasteiger partial charge is 0.175 e. The predicted octanol–water partition coefficient (Wildman–Crippen LogP) is 3.62. The predicted molar refractivity (Wildman–Crippen MR) is 78.0 cm³/mol. The summed E-state index contributed by atoms with van der Waals surface area (Å²) in [5, 5.41) is 3.24. The van der Waals surface area contributed by atoms with Gasteiger partial charge in [-0.25, -0.2) is 8.42 Å². The second-order valence-electron chi connectivity index (χ2n) is 4.30. The molecule has 1 aromatic heterocycles. The van der Waals surface area contributed by atoms with Gasteiger partial charge in [-0.2, -0.15) is 0 Å². The lowest BCUT2D eigenvalue weighted by molar-refractivity contribution is 0.471. The SMILES string of the molecule is CC(Nc1ccc(S(C)(=O)=O)cc1)c1ccc(Br)o1. The first kappa shape index (κ1) is 14.1. The van der Waals surface area contributed by atoms with Gasteiger partial charge in [-0.15, -0.1) is 0 Å². The minimum absolute atomic E-state index is 0.00427. The van der Waals surface area contributed by atoms with Gasteiger partial charge in [0.1, 0.15) is 5.76 Å². The number of hydrogen-bond acceptors (Lipinski definition) is 4. The third kappa shape index (κ3) is 3.61. The molecule has 0 fully saturated rings. The van der Waals surface area contributed by atoms with E-state index in [0.717, 1.165) is 11.4 Å². The monoisotopic (exact) mass is 343 g/mol. The summed E-state index contributed by atoms with van der Waals surface area (Å²) >= 11 is 3.26. The Kier molecular flexibility index (Phi) is 4.01. The van der Waals surface area contributed by atoms with E-state index in [0.29, 0.717) is 9.56 Å². The van der Waals surface area contributed by atoms with Crippen LogP contribution in [0.3, 0.4) is 0 Å². The number of rotatable bonds is 4. The van der Waals surface area contributed by atoms with Crippen molar-refractivity contribution in [2.24, 2.45) is 0 Å². The van der Waals surface area contributed by atoms with Gasteiger partial charge >= 0.3 is 0 Å². The fourth-order valence-corrected chi connectivity index (χ4v) is 2.63. The van der Waals surface area contributed by atoms with Crippen molar-refractivity contribution in [2.45, 2.75) is 17.9 Å².